The normalized spacial score (nSPS) is 18.6. The Morgan fingerprint density at radius 1 is 1.09 bits per heavy atom. The summed E-state index contributed by atoms with van der Waals surface area (Å²) in [5.74, 6) is -0.376. The number of benzene rings is 2. The molecule has 5 rings (SSSR count). The number of halogens is 1. The summed E-state index contributed by atoms with van der Waals surface area (Å²) < 4.78 is 0. The first-order chi connectivity index (χ1) is 15.5. The molecule has 0 bridgehead atoms. The lowest BCUT2D eigenvalue weighted by atomic mass is 10.0. The summed E-state index contributed by atoms with van der Waals surface area (Å²) in [7, 11) is 2.13. The van der Waals surface area contributed by atoms with E-state index in [1.165, 1.54) is 0 Å². The number of amides is 2. The predicted octanol–water partition coefficient (Wildman–Crippen LogP) is 4.03. The van der Waals surface area contributed by atoms with Crippen LogP contribution in [0.5, 0.6) is 0 Å². The minimum absolute atomic E-state index is 0.358. The molecule has 1 aromatic heterocycles. The van der Waals surface area contributed by atoms with Gasteiger partial charge in [-0.1, -0.05) is 23.7 Å². The van der Waals surface area contributed by atoms with E-state index in [4.69, 9.17) is 11.6 Å². The molecule has 3 heterocycles. The fourth-order valence-corrected chi connectivity index (χ4v) is 4.93. The summed E-state index contributed by atoms with van der Waals surface area (Å²) in [6, 6.07) is 11.7. The molecule has 32 heavy (non-hydrogen) atoms. The van der Waals surface area contributed by atoms with Gasteiger partial charge in [-0.15, -0.1) is 0 Å². The quantitative estimate of drug-likeness (QED) is 0.585. The molecule has 162 valence electrons. The molecule has 0 unspecified atom stereocenters. The minimum Gasteiger partial charge on any atom is -0.368 e. The van der Waals surface area contributed by atoms with Crippen LogP contribution in [0.1, 0.15) is 5.56 Å². The average Bonchev–Trinajstić information content (AvgIpc) is 3.10. The van der Waals surface area contributed by atoms with Crippen LogP contribution in [0.4, 0.5) is 10.5 Å². The van der Waals surface area contributed by atoms with E-state index < -0.39 is 0 Å². The van der Waals surface area contributed by atoms with Gasteiger partial charge in [0.1, 0.15) is 0 Å². The summed E-state index contributed by atoms with van der Waals surface area (Å²) in [6.07, 6.45) is 3.43. The van der Waals surface area contributed by atoms with Crippen LogP contribution in [0.3, 0.4) is 0 Å². The van der Waals surface area contributed by atoms with Crippen molar-refractivity contribution in [2.75, 3.05) is 38.1 Å². The third kappa shape index (κ3) is 4.09. The first-order valence-corrected chi connectivity index (χ1v) is 11.4. The number of nitrogens with one attached hydrogen (secondary N) is 1. The molecule has 2 aliphatic rings. The Bertz CT molecular complexity index is 1270. The Morgan fingerprint density at radius 3 is 2.62 bits per heavy atom. The van der Waals surface area contributed by atoms with Crippen LogP contribution in [0.25, 0.3) is 28.1 Å². The monoisotopic (exact) mass is 465 g/mol. The van der Waals surface area contributed by atoms with Gasteiger partial charge in [-0.2, -0.15) is 10.2 Å². The number of nitrogens with zero attached hydrogens (tertiary/aromatic N) is 4. The van der Waals surface area contributed by atoms with E-state index in [2.05, 4.69) is 44.5 Å². The number of aromatic nitrogens is 2. The molecule has 2 amide bonds. The van der Waals surface area contributed by atoms with Crippen molar-refractivity contribution < 1.29 is 9.59 Å². The summed E-state index contributed by atoms with van der Waals surface area (Å²) >= 11 is 7.59. The van der Waals surface area contributed by atoms with Gasteiger partial charge in [0, 0.05) is 37.1 Å². The lowest BCUT2D eigenvalue weighted by Gasteiger charge is -2.34. The molecule has 2 aliphatic heterocycles. The molecule has 2 aromatic carbocycles. The van der Waals surface area contributed by atoms with Crippen LogP contribution in [-0.4, -0.2) is 59.5 Å². The first kappa shape index (κ1) is 20.9. The second-order valence-electron chi connectivity index (χ2n) is 7.84. The maximum Gasteiger partial charge on any atom is 0.290 e. The van der Waals surface area contributed by atoms with Crippen molar-refractivity contribution >= 4 is 57.2 Å². The molecule has 9 heteroatoms. The predicted molar refractivity (Wildman–Crippen MR) is 129 cm³/mol. The summed E-state index contributed by atoms with van der Waals surface area (Å²) in [5.41, 5.74) is 4.43. The molecule has 7 nitrogen and oxygen atoms in total. The van der Waals surface area contributed by atoms with E-state index in [1.54, 1.807) is 12.3 Å². The van der Waals surface area contributed by atoms with Crippen LogP contribution >= 0.6 is 23.4 Å². The molecule has 0 saturated carbocycles. The number of thioether (sulfide) groups is 1. The van der Waals surface area contributed by atoms with Gasteiger partial charge in [-0.25, -0.2) is 0 Å². The number of hydrogen-bond donors (Lipinski definition) is 1. The lowest BCUT2D eigenvalue weighted by Crippen LogP contribution is -2.44. The Balaban J connectivity index is 1.51. The standard InChI is InChI=1S/C23H20ClN5O2S/c1-28-6-8-29(9-7-28)20-5-3-15(12-18(20)24)17-13-25-27-19-4-2-14(10-16(17)19)11-21-22(30)26-23(31)32-21/h2-5,10-13H,6-9H2,1H3,(H,26,30,31). The number of carbonyl (C=O) groups is 2. The van der Waals surface area contributed by atoms with Gasteiger partial charge in [0.25, 0.3) is 11.1 Å². The van der Waals surface area contributed by atoms with E-state index in [0.717, 1.165) is 71.2 Å². The Kier molecular flexibility index (Phi) is 5.58. The van der Waals surface area contributed by atoms with Crippen molar-refractivity contribution in [2.24, 2.45) is 0 Å². The highest BCUT2D eigenvalue weighted by molar-refractivity contribution is 8.18. The Hall–Kier alpha value is -2.94. The number of rotatable bonds is 3. The van der Waals surface area contributed by atoms with Crippen LogP contribution in [0.2, 0.25) is 5.02 Å². The third-order valence-electron chi connectivity index (χ3n) is 5.71. The minimum atomic E-state index is -0.376. The molecule has 2 fully saturated rings. The van der Waals surface area contributed by atoms with E-state index in [1.807, 2.05) is 24.3 Å². The maximum atomic E-state index is 11.9. The van der Waals surface area contributed by atoms with Gasteiger partial charge < -0.3 is 9.80 Å². The Labute approximate surface area is 194 Å². The highest BCUT2D eigenvalue weighted by atomic mass is 35.5. The molecule has 0 spiro atoms. The van der Waals surface area contributed by atoms with E-state index in [0.29, 0.717) is 9.93 Å². The fourth-order valence-electron chi connectivity index (χ4n) is 3.95. The van der Waals surface area contributed by atoms with Crippen molar-refractivity contribution in [3.8, 4) is 11.1 Å². The summed E-state index contributed by atoms with van der Waals surface area (Å²) in [6.45, 7) is 3.91. The smallest absolute Gasteiger partial charge is 0.290 e. The number of hydrogen-bond acceptors (Lipinski definition) is 7. The zero-order valence-corrected chi connectivity index (χ0v) is 18.9. The van der Waals surface area contributed by atoms with Gasteiger partial charge in [0.15, 0.2) is 0 Å². The summed E-state index contributed by atoms with van der Waals surface area (Å²) in [5, 5.41) is 11.9. The first-order valence-electron chi connectivity index (χ1n) is 10.2. The molecule has 0 aliphatic carbocycles. The number of carbonyl (C=O) groups excluding carboxylic acids is 2. The average molecular weight is 466 g/mol. The second-order valence-corrected chi connectivity index (χ2v) is 9.27. The SMILES string of the molecule is CN1CCN(c2ccc(-c3cnnc4ccc(C=C5SC(=O)NC5=O)cc34)cc2Cl)CC1. The molecule has 0 radical (unpaired) electrons. The van der Waals surface area contributed by atoms with Crippen molar-refractivity contribution in [3.05, 3.63) is 58.1 Å². The molecule has 3 aromatic rings. The number of fused-ring (bicyclic) bond motifs is 1. The van der Waals surface area contributed by atoms with Crippen molar-refractivity contribution in [1.82, 2.24) is 20.4 Å². The number of imide groups is 1. The lowest BCUT2D eigenvalue weighted by molar-refractivity contribution is -0.115. The zero-order valence-electron chi connectivity index (χ0n) is 17.3. The maximum absolute atomic E-state index is 11.9. The molecule has 1 N–H and O–H groups in total. The number of likely N-dealkylation sites (N-methyl/N-ethyl adjacent to an activating group) is 1. The molecular formula is C23H20ClN5O2S. The largest absolute Gasteiger partial charge is 0.368 e. The number of anilines is 1. The molecule has 0 atom stereocenters. The van der Waals surface area contributed by atoms with Gasteiger partial charge in [-0.05, 0) is 60.3 Å². The highest BCUT2D eigenvalue weighted by Crippen LogP contribution is 2.35. The second kappa shape index (κ2) is 8.54. The van der Waals surface area contributed by atoms with Gasteiger partial charge in [-0.3, -0.25) is 14.9 Å². The van der Waals surface area contributed by atoms with E-state index in [9.17, 15) is 9.59 Å². The summed E-state index contributed by atoms with van der Waals surface area (Å²) in [4.78, 5) is 28.3. The number of piperazine rings is 1. The van der Waals surface area contributed by atoms with Crippen LogP contribution in [-0.2, 0) is 4.79 Å². The van der Waals surface area contributed by atoms with Crippen LogP contribution < -0.4 is 10.2 Å². The highest BCUT2D eigenvalue weighted by Gasteiger charge is 2.25. The van der Waals surface area contributed by atoms with Crippen molar-refractivity contribution in [1.29, 1.82) is 0 Å². The van der Waals surface area contributed by atoms with Crippen LogP contribution in [0.15, 0.2) is 47.5 Å². The fraction of sp³-hybridized carbons (Fsp3) is 0.217. The van der Waals surface area contributed by atoms with Gasteiger partial charge in [0.2, 0.25) is 0 Å². The Morgan fingerprint density at radius 2 is 1.91 bits per heavy atom. The zero-order chi connectivity index (χ0) is 22.2. The topological polar surface area (TPSA) is 78.4 Å². The van der Waals surface area contributed by atoms with Crippen molar-refractivity contribution in [3.63, 3.8) is 0 Å². The van der Waals surface area contributed by atoms with Gasteiger partial charge in [0.05, 0.1) is 27.3 Å². The van der Waals surface area contributed by atoms with Crippen molar-refractivity contribution in [2.45, 2.75) is 0 Å². The van der Waals surface area contributed by atoms with Crippen LogP contribution in [0, 0.1) is 0 Å². The van der Waals surface area contributed by atoms with E-state index in [-0.39, 0.29) is 11.1 Å². The molecular weight excluding hydrogens is 446 g/mol. The molecule has 2 saturated heterocycles. The van der Waals surface area contributed by atoms with Gasteiger partial charge >= 0.3 is 0 Å². The van der Waals surface area contributed by atoms with E-state index >= 15 is 0 Å². The third-order valence-corrected chi connectivity index (χ3v) is 6.82.